The third-order valence-corrected chi connectivity index (χ3v) is 10.6. The highest BCUT2D eigenvalue weighted by molar-refractivity contribution is 5.94. The maximum absolute atomic E-state index is 9.83. The summed E-state index contributed by atoms with van der Waals surface area (Å²) < 4.78 is 0. The molecular weight excluding hydrogens is 609 g/mol. The van der Waals surface area contributed by atoms with Crippen LogP contribution in [-0.2, 0) is 5.41 Å². The van der Waals surface area contributed by atoms with Gasteiger partial charge in [0.1, 0.15) is 0 Å². The number of fused-ring (bicyclic) bond motifs is 5. The van der Waals surface area contributed by atoms with Crippen LogP contribution in [0.4, 0.5) is 0 Å². The fraction of sp³-hybridized carbons (Fsp3) is 0.130. The average molecular weight is 643 g/mol. The second kappa shape index (κ2) is 12.4. The second-order valence-electron chi connectivity index (χ2n) is 13.4. The highest BCUT2D eigenvalue weighted by Crippen LogP contribution is 2.58. The van der Waals surface area contributed by atoms with E-state index < -0.39 is 0 Å². The van der Waals surface area contributed by atoms with Crippen LogP contribution in [0.3, 0.4) is 0 Å². The maximum Gasteiger partial charge on any atom is 0.164 e. The lowest BCUT2D eigenvalue weighted by Gasteiger charge is -2.36. The summed E-state index contributed by atoms with van der Waals surface area (Å²) in [5.74, 6) is 1.95. The Morgan fingerprint density at radius 1 is 0.440 bits per heavy atom. The van der Waals surface area contributed by atoms with E-state index in [0.29, 0.717) is 17.5 Å². The maximum atomic E-state index is 9.83. The predicted octanol–water partition coefficient (Wildman–Crippen LogP) is 11.3. The normalized spacial score (nSPS) is 14.1. The number of rotatable bonds is 5. The van der Waals surface area contributed by atoms with E-state index in [9.17, 15) is 5.26 Å². The number of benzene rings is 6. The van der Waals surface area contributed by atoms with Crippen molar-refractivity contribution in [2.24, 2.45) is 0 Å². The summed E-state index contributed by atoms with van der Waals surface area (Å²) >= 11 is 0. The van der Waals surface area contributed by atoms with Gasteiger partial charge in [-0.05, 0) is 75.5 Å². The van der Waals surface area contributed by atoms with E-state index in [1.54, 1.807) is 0 Å². The zero-order chi connectivity index (χ0) is 33.5. The fourth-order valence-electron chi connectivity index (χ4n) is 8.17. The Hall–Kier alpha value is -6.18. The average Bonchev–Trinajstić information content (AvgIpc) is 3.46. The standard InChI is InChI=1S/C46H34N4/c47-30-31-20-25-40-39(28-31)42-38(18-11-19-41(42)46(40)26-8-3-9-27-46)37-17-10-16-36(29-37)32-21-23-35(24-22-32)45-49-43(33-12-4-1-5-13-33)48-44(50-45)34-14-6-2-7-15-34/h1-2,4-7,10-25,28-29H,3,8-9,26-27H2. The van der Waals surface area contributed by atoms with Crippen LogP contribution in [0.15, 0.2) is 146 Å². The number of hydrogen-bond donors (Lipinski definition) is 0. The van der Waals surface area contributed by atoms with Crippen molar-refractivity contribution in [3.63, 3.8) is 0 Å². The minimum absolute atomic E-state index is 0.0378. The van der Waals surface area contributed by atoms with Gasteiger partial charge in [-0.2, -0.15) is 5.26 Å². The Balaban J connectivity index is 1.10. The largest absolute Gasteiger partial charge is 0.208 e. The third-order valence-electron chi connectivity index (χ3n) is 10.6. The quantitative estimate of drug-likeness (QED) is 0.187. The minimum atomic E-state index is 0.0378. The molecule has 1 fully saturated rings. The van der Waals surface area contributed by atoms with Gasteiger partial charge in [-0.3, -0.25) is 0 Å². The van der Waals surface area contributed by atoms with Crippen molar-refractivity contribution in [1.29, 1.82) is 5.26 Å². The molecule has 9 rings (SSSR count). The molecule has 238 valence electrons. The van der Waals surface area contributed by atoms with Gasteiger partial charge in [0, 0.05) is 22.1 Å². The molecule has 4 nitrogen and oxygen atoms in total. The first-order valence-corrected chi connectivity index (χ1v) is 17.5. The number of aromatic nitrogens is 3. The summed E-state index contributed by atoms with van der Waals surface area (Å²) in [5.41, 5.74) is 13.6. The topological polar surface area (TPSA) is 62.5 Å². The van der Waals surface area contributed by atoms with E-state index in [-0.39, 0.29) is 5.41 Å². The van der Waals surface area contributed by atoms with Gasteiger partial charge >= 0.3 is 0 Å². The van der Waals surface area contributed by atoms with E-state index in [0.717, 1.165) is 46.2 Å². The summed E-state index contributed by atoms with van der Waals surface area (Å²) in [5, 5.41) is 9.83. The van der Waals surface area contributed by atoms with Crippen LogP contribution in [0.5, 0.6) is 0 Å². The SMILES string of the molecule is N#Cc1ccc2c(c1)-c1c(-c3cccc(-c4ccc(-c5nc(-c6ccccc6)nc(-c6ccccc6)n5)cc4)c3)cccc1C21CCCCC1. The zero-order valence-corrected chi connectivity index (χ0v) is 27.7. The number of nitrogens with zero attached hydrogens (tertiary/aromatic N) is 4. The van der Waals surface area contributed by atoms with Gasteiger partial charge in [0.2, 0.25) is 0 Å². The lowest BCUT2D eigenvalue weighted by Crippen LogP contribution is -2.28. The molecule has 0 amide bonds. The molecule has 1 aromatic heterocycles. The summed E-state index contributed by atoms with van der Waals surface area (Å²) in [6.07, 6.45) is 6.09. The van der Waals surface area contributed by atoms with Gasteiger partial charge in [0.05, 0.1) is 11.6 Å². The Morgan fingerprint density at radius 2 is 1.00 bits per heavy atom. The van der Waals surface area contributed by atoms with Crippen LogP contribution in [0.1, 0.15) is 48.8 Å². The molecule has 7 aromatic rings. The van der Waals surface area contributed by atoms with Crippen molar-refractivity contribution in [2.75, 3.05) is 0 Å². The molecule has 1 spiro atoms. The molecule has 50 heavy (non-hydrogen) atoms. The molecule has 0 atom stereocenters. The lowest BCUT2D eigenvalue weighted by molar-refractivity contribution is 0.353. The molecule has 0 aliphatic heterocycles. The monoisotopic (exact) mass is 642 g/mol. The van der Waals surface area contributed by atoms with Crippen LogP contribution < -0.4 is 0 Å². The molecule has 1 saturated carbocycles. The lowest BCUT2D eigenvalue weighted by atomic mass is 9.67. The van der Waals surface area contributed by atoms with Gasteiger partial charge in [0.15, 0.2) is 17.5 Å². The van der Waals surface area contributed by atoms with Crippen LogP contribution in [0, 0.1) is 11.3 Å². The van der Waals surface area contributed by atoms with Gasteiger partial charge in [-0.15, -0.1) is 0 Å². The molecular formula is C46H34N4. The number of hydrogen-bond acceptors (Lipinski definition) is 4. The van der Waals surface area contributed by atoms with E-state index in [2.05, 4.69) is 84.9 Å². The molecule has 0 bridgehead atoms. The smallest absolute Gasteiger partial charge is 0.164 e. The van der Waals surface area contributed by atoms with E-state index in [1.165, 1.54) is 52.6 Å². The molecule has 2 aliphatic carbocycles. The highest BCUT2D eigenvalue weighted by atomic mass is 15.0. The molecule has 0 N–H and O–H groups in total. The Labute approximate surface area is 292 Å². The van der Waals surface area contributed by atoms with Gasteiger partial charge in [-0.25, -0.2) is 15.0 Å². The first kappa shape index (κ1) is 29.9. The van der Waals surface area contributed by atoms with E-state index in [4.69, 9.17) is 15.0 Å². The molecule has 0 radical (unpaired) electrons. The zero-order valence-electron chi connectivity index (χ0n) is 27.7. The van der Waals surface area contributed by atoms with Gasteiger partial charge < -0.3 is 0 Å². The first-order valence-electron chi connectivity index (χ1n) is 17.5. The summed E-state index contributed by atoms with van der Waals surface area (Å²) in [7, 11) is 0. The molecule has 1 heterocycles. The van der Waals surface area contributed by atoms with Crippen molar-refractivity contribution in [1.82, 2.24) is 15.0 Å². The Bertz CT molecular complexity index is 2340. The van der Waals surface area contributed by atoms with Crippen molar-refractivity contribution in [2.45, 2.75) is 37.5 Å². The van der Waals surface area contributed by atoms with Crippen LogP contribution in [0.25, 0.3) is 67.5 Å². The summed E-state index contributed by atoms with van der Waals surface area (Å²) in [6.45, 7) is 0. The molecule has 4 heteroatoms. The van der Waals surface area contributed by atoms with Gasteiger partial charge in [-0.1, -0.05) is 147 Å². The van der Waals surface area contributed by atoms with Crippen molar-refractivity contribution < 1.29 is 0 Å². The minimum Gasteiger partial charge on any atom is -0.208 e. The Kier molecular flexibility index (Phi) is 7.40. The number of nitriles is 1. The van der Waals surface area contributed by atoms with Crippen LogP contribution >= 0.6 is 0 Å². The summed E-state index contributed by atoms with van der Waals surface area (Å²) in [4.78, 5) is 14.7. The highest BCUT2D eigenvalue weighted by Gasteiger charge is 2.44. The van der Waals surface area contributed by atoms with Crippen LogP contribution in [0.2, 0.25) is 0 Å². The van der Waals surface area contributed by atoms with Gasteiger partial charge in [0.25, 0.3) is 0 Å². The van der Waals surface area contributed by atoms with E-state index in [1.807, 2.05) is 66.7 Å². The summed E-state index contributed by atoms with van der Waals surface area (Å²) in [6, 6.07) is 53.1. The molecule has 2 aliphatic rings. The molecule has 6 aromatic carbocycles. The molecule has 0 saturated heterocycles. The molecule has 0 unspecified atom stereocenters. The first-order chi connectivity index (χ1) is 24.7. The third kappa shape index (κ3) is 5.11. The van der Waals surface area contributed by atoms with Crippen molar-refractivity contribution >= 4 is 0 Å². The fourth-order valence-corrected chi connectivity index (χ4v) is 8.17. The van der Waals surface area contributed by atoms with Crippen molar-refractivity contribution in [3.05, 3.63) is 162 Å². The second-order valence-corrected chi connectivity index (χ2v) is 13.4. The van der Waals surface area contributed by atoms with E-state index >= 15 is 0 Å². The Morgan fingerprint density at radius 3 is 1.64 bits per heavy atom. The van der Waals surface area contributed by atoms with Crippen LogP contribution in [-0.4, -0.2) is 15.0 Å². The van der Waals surface area contributed by atoms with Crippen molar-refractivity contribution in [3.8, 4) is 73.6 Å². The predicted molar refractivity (Wildman–Crippen MR) is 201 cm³/mol.